The second kappa shape index (κ2) is 5.51. The van der Waals surface area contributed by atoms with Crippen LogP contribution in [0.4, 0.5) is 5.69 Å². The number of aliphatic hydroxyl groups is 1. The van der Waals surface area contributed by atoms with Gasteiger partial charge in [0.1, 0.15) is 0 Å². The number of benzene rings is 1. The maximum atomic E-state index is 10.1. The van der Waals surface area contributed by atoms with E-state index in [2.05, 4.69) is 0 Å². The Morgan fingerprint density at radius 2 is 2.08 bits per heavy atom. The Labute approximate surface area is 74.6 Å². The largest absolute Gasteiger partial charge is 0.400 e. The van der Waals surface area contributed by atoms with Gasteiger partial charge < -0.3 is 5.11 Å². The average molecular weight is 190 g/mol. The van der Waals surface area contributed by atoms with Crippen molar-refractivity contribution in [3.63, 3.8) is 0 Å². The van der Waals surface area contributed by atoms with Crippen LogP contribution in [0.15, 0.2) is 24.3 Å². The van der Waals surface area contributed by atoms with E-state index in [4.69, 9.17) is 16.7 Å². The zero-order chi connectivity index (χ0) is 9.56. The molecule has 0 aliphatic rings. The van der Waals surface area contributed by atoms with Gasteiger partial charge in [-0.05, 0) is 6.07 Å². The summed E-state index contributed by atoms with van der Waals surface area (Å²) in [5.41, 5.74) is 0.0208. The molecule has 0 spiro atoms. The standard InChI is InChI=1S/C6H4ClNO2.CH4O/c7-5-2-1-3-6(4-5)8(9)10;1-2/h1-4H;2H,1H3. The molecule has 12 heavy (non-hydrogen) atoms. The van der Waals surface area contributed by atoms with Gasteiger partial charge in [0.05, 0.1) is 4.92 Å². The molecule has 0 heterocycles. The predicted molar refractivity (Wildman–Crippen MR) is 46.2 cm³/mol. The third-order valence-electron chi connectivity index (χ3n) is 1.02. The molecule has 0 radical (unpaired) electrons. The van der Waals surface area contributed by atoms with Gasteiger partial charge in [0.25, 0.3) is 5.69 Å². The van der Waals surface area contributed by atoms with Crippen LogP contribution in [0.5, 0.6) is 0 Å². The molecule has 0 saturated carbocycles. The van der Waals surface area contributed by atoms with E-state index in [1.807, 2.05) is 0 Å². The Kier molecular flexibility index (Phi) is 4.99. The maximum Gasteiger partial charge on any atom is 0.270 e. The lowest BCUT2D eigenvalue weighted by atomic mass is 10.3. The fraction of sp³-hybridized carbons (Fsp3) is 0.143. The third-order valence-corrected chi connectivity index (χ3v) is 1.25. The van der Waals surface area contributed by atoms with Gasteiger partial charge in [-0.15, -0.1) is 0 Å². The van der Waals surface area contributed by atoms with Crippen LogP contribution in [-0.4, -0.2) is 17.1 Å². The second-order valence-electron chi connectivity index (χ2n) is 1.74. The number of aliphatic hydroxyl groups excluding tert-OH is 1. The zero-order valence-electron chi connectivity index (χ0n) is 6.40. The van der Waals surface area contributed by atoms with Crippen molar-refractivity contribution >= 4 is 17.3 Å². The Hall–Kier alpha value is -1.13. The van der Waals surface area contributed by atoms with Crippen LogP contribution in [0.1, 0.15) is 0 Å². The minimum absolute atomic E-state index is 0.0208. The SMILES string of the molecule is CO.O=[N+]([O-])c1cccc(Cl)c1. The number of non-ortho nitro benzene ring substituents is 1. The van der Waals surface area contributed by atoms with Gasteiger partial charge in [0.2, 0.25) is 0 Å². The maximum absolute atomic E-state index is 10.1. The topological polar surface area (TPSA) is 63.4 Å². The van der Waals surface area contributed by atoms with Gasteiger partial charge in [-0.3, -0.25) is 10.1 Å². The van der Waals surface area contributed by atoms with Crippen LogP contribution < -0.4 is 0 Å². The summed E-state index contributed by atoms with van der Waals surface area (Å²) in [6, 6.07) is 5.84. The van der Waals surface area contributed by atoms with Crippen molar-refractivity contribution in [1.82, 2.24) is 0 Å². The fourth-order valence-electron chi connectivity index (χ4n) is 0.590. The smallest absolute Gasteiger partial charge is 0.270 e. The molecule has 0 atom stereocenters. The molecular formula is C7H8ClNO3. The van der Waals surface area contributed by atoms with Gasteiger partial charge >= 0.3 is 0 Å². The molecule has 0 amide bonds. The summed E-state index contributed by atoms with van der Waals surface area (Å²) < 4.78 is 0. The second-order valence-corrected chi connectivity index (χ2v) is 2.17. The van der Waals surface area contributed by atoms with Crippen LogP contribution in [0.25, 0.3) is 0 Å². The fourth-order valence-corrected chi connectivity index (χ4v) is 0.774. The van der Waals surface area contributed by atoms with Crippen molar-refractivity contribution in [2.24, 2.45) is 0 Å². The van der Waals surface area contributed by atoms with Gasteiger partial charge in [-0.1, -0.05) is 17.7 Å². The lowest BCUT2D eigenvalue weighted by Crippen LogP contribution is -1.85. The van der Waals surface area contributed by atoms with Crippen LogP contribution in [0.3, 0.4) is 0 Å². The number of hydrogen-bond donors (Lipinski definition) is 1. The Balaban J connectivity index is 0.000000561. The molecule has 5 heteroatoms. The molecule has 0 aliphatic carbocycles. The highest BCUT2D eigenvalue weighted by Gasteiger charge is 2.02. The molecular weight excluding hydrogens is 182 g/mol. The molecule has 1 N–H and O–H groups in total. The number of hydrogen-bond acceptors (Lipinski definition) is 3. The van der Waals surface area contributed by atoms with Crippen LogP contribution >= 0.6 is 11.6 Å². The monoisotopic (exact) mass is 189 g/mol. The van der Waals surface area contributed by atoms with E-state index in [1.165, 1.54) is 12.1 Å². The minimum Gasteiger partial charge on any atom is -0.400 e. The predicted octanol–water partition coefficient (Wildman–Crippen LogP) is 1.86. The van der Waals surface area contributed by atoms with E-state index in [0.717, 1.165) is 7.11 Å². The summed E-state index contributed by atoms with van der Waals surface area (Å²) in [6.45, 7) is 0. The summed E-state index contributed by atoms with van der Waals surface area (Å²) in [6.07, 6.45) is 0. The van der Waals surface area contributed by atoms with E-state index in [-0.39, 0.29) is 5.69 Å². The molecule has 1 rings (SSSR count). The first kappa shape index (κ1) is 10.9. The highest BCUT2D eigenvalue weighted by atomic mass is 35.5. The third kappa shape index (κ3) is 3.32. The van der Waals surface area contributed by atoms with Crippen molar-refractivity contribution in [1.29, 1.82) is 0 Å². The first-order valence-electron chi connectivity index (χ1n) is 3.05. The van der Waals surface area contributed by atoms with Crippen molar-refractivity contribution < 1.29 is 10.0 Å². The summed E-state index contributed by atoms with van der Waals surface area (Å²) >= 11 is 5.48. The first-order valence-corrected chi connectivity index (χ1v) is 3.42. The summed E-state index contributed by atoms with van der Waals surface area (Å²) in [4.78, 5) is 9.62. The highest BCUT2D eigenvalue weighted by Crippen LogP contribution is 2.16. The van der Waals surface area contributed by atoms with Crippen LogP contribution in [0, 0.1) is 10.1 Å². The summed E-state index contributed by atoms with van der Waals surface area (Å²) in [5.74, 6) is 0. The van der Waals surface area contributed by atoms with Gasteiger partial charge in [-0.25, -0.2) is 0 Å². The molecule has 0 saturated heterocycles. The first-order chi connectivity index (χ1) is 5.70. The lowest BCUT2D eigenvalue weighted by molar-refractivity contribution is -0.384. The molecule has 1 aromatic carbocycles. The van der Waals surface area contributed by atoms with E-state index < -0.39 is 4.92 Å². The summed E-state index contributed by atoms with van der Waals surface area (Å²) in [7, 11) is 1.00. The summed E-state index contributed by atoms with van der Waals surface area (Å²) in [5, 5.41) is 17.5. The number of nitro groups is 1. The molecule has 1 aromatic rings. The quantitative estimate of drug-likeness (QED) is 0.542. The number of halogens is 1. The molecule has 0 aliphatic heterocycles. The average Bonchev–Trinajstić information content (AvgIpc) is 2.08. The zero-order valence-corrected chi connectivity index (χ0v) is 7.15. The lowest BCUT2D eigenvalue weighted by Gasteiger charge is -1.89. The van der Waals surface area contributed by atoms with Gasteiger partial charge in [0, 0.05) is 24.3 Å². The van der Waals surface area contributed by atoms with Gasteiger partial charge in [0.15, 0.2) is 0 Å². The van der Waals surface area contributed by atoms with Gasteiger partial charge in [-0.2, -0.15) is 0 Å². The number of nitrogens with zero attached hydrogens (tertiary/aromatic N) is 1. The van der Waals surface area contributed by atoms with Crippen molar-refractivity contribution in [3.05, 3.63) is 39.4 Å². The van der Waals surface area contributed by atoms with E-state index in [0.29, 0.717) is 5.02 Å². The Morgan fingerprint density at radius 1 is 1.50 bits per heavy atom. The molecule has 0 fully saturated rings. The van der Waals surface area contributed by atoms with Crippen LogP contribution in [-0.2, 0) is 0 Å². The molecule has 0 unspecified atom stereocenters. The Bertz CT molecular complexity index is 265. The Morgan fingerprint density at radius 3 is 2.42 bits per heavy atom. The number of rotatable bonds is 1. The highest BCUT2D eigenvalue weighted by molar-refractivity contribution is 6.30. The molecule has 66 valence electrons. The number of nitro benzene ring substituents is 1. The van der Waals surface area contributed by atoms with Crippen molar-refractivity contribution in [2.45, 2.75) is 0 Å². The normalized spacial score (nSPS) is 8.25. The van der Waals surface area contributed by atoms with E-state index in [1.54, 1.807) is 12.1 Å². The molecule has 4 nitrogen and oxygen atoms in total. The van der Waals surface area contributed by atoms with Crippen molar-refractivity contribution in [3.8, 4) is 0 Å². The molecule has 0 aromatic heterocycles. The van der Waals surface area contributed by atoms with Crippen molar-refractivity contribution in [2.75, 3.05) is 7.11 Å². The molecule has 0 bridgehead atoms. The van der Waals surface area contributed by atoms with E-state index in [9.17, 15) is 10.1 Å². The van der Waals surface area contributed by atoms with Crippen LogP contribution in [0.2, 0.25) is 5.02 Å². The minimum atomic E-state index is -0.480. The van der Waals surface area contributed by atoms with E-state index >= 15 is 0 Å².